The minimum absolute atomic E-state index is 0.167. The van der Waals surface area contributed by atoms with E-state index in [1.807, 2.05) is 6.92 Å². The summed E-state index contributed by atoms with van der Waals surface area (Å²) in [5, 5.41) is 5.95. The third kappa shape index (κ3) is 3.06. The Labute approximate surface area is 113 Å². The van der Waals surface area contributed by atoms with E-state index in [1.165, 1.54) is 6.07 Å². The lowest BCUT2D eigenvalue weighted by atomic mass is 10.1. The zero-order valence-corrected chi connectivity index (χ0v) is 11.7. The number of carbonyl (C=O) groups excluding carboxylic acids is 1. The fourth-order valence-electron chi connectivity index (χ4n) is 2.09. The van der Waals surface area contributed by atoms with Crippen molar-refractivity contribution < 1.29 is 9.18 Å². The molecule has 0 aromatic heterocycles. The molecule has 19 heavy (non-hydrogen) atoms. The van der Waals surface area contributed by atoms with Crippen LogP contribution < -0.4 is 10.6 Å². The average molecular weight is 264 g/mol. The van der Waals surface area contributed by atoms with Gasteiger partial charge in [0.25, 0.3) is 5.91 Å². The molecule has 1 amide bonds. The van der Waals surface area contributed by atoms with Crippen LogP contribution in [0.15, 0.2) is 18.2 Å². The molecule has 3 nitrogen and oxygen atoms in total. The Kier molecular flexibility index (Phi) is 3.78. The summed E-state index contributed by atoms with van der Waals surface area (Å²) in [6.07, 6.45) is 1.86. The molecule has 1 saturated carbocycles. The Hall–Kier alpha value is -1.58. The normalized spacial score (nSPS) is 19.9. The largest absolute Gasteiger partial charge is 0.382 e. The molecule has 0 spiro atoms. The Balaban J connectivity index is 2.14. The van der Waals surface area contributed by atoms with E-state index < -0.39 is 0 Å². The van der Waals surface area contributed by atoms with Gasteiger partial charge in [-0.25, -0.2) is 4.39 Å². The van der Waals surface area contributed by atoms with Crippen molar-refractivity contribution in [1.29, 1.82) is 0 Å². The van der Waals surface area contributed by atoms with Gasteiger partial charge in [-0.2, -0.15) is 0 Å². The van der Waals surface area contributed by atoms with Crippen molar-refractivity contribution >= 4 is 11.6 Å². The summed E-state index contributed by atoms with van der Waals surface area (Å²) in [5.74, 6) is -0.579. The second kappa shape index (κ2) is 5.19. The van der Waals surface area contributed by atoms with Gasteiger partial charge in [-0.15, -0.1) is 0 Å². The van der Waals surface area contributed by atoms with Gasteiger partial charge in [-0.05, 0) is 30.4 Å². The van der Waals surface area contributed by atoms with E-state index in [0.29, 0.717) is 17.8 Å². The fourth-order valence-corrected chi connectivity index (χ4v) is 2.09. The van der Waals surface area contributed by atoms with Crippen LogP contribution in [-0.4, -0.2) is 18.5 Å². The van der Waals surface area contributed by atoms with Crippen LogP contribution >= 0.6 is 0 Å². The van der Waals surface area contributed by atoms with Crippen molar-refractivity contribution in [1.82, 2.24) is 5.32 Å². The third-order valence-electron chi connectivity index (χ3n) is 3.63. The van der Waals surface area contributed by atoms with Crippen LogP contribution in [0.3, 0.4) is 0 Å². The molecule has 0 aliphatic heterocycles. The van der Waals surface area contributed by atoms with Crippen molar-refractivity contribution in [3.8, 4) is 0 Å². The lowest BCUT2D eigenvalue weighted by Gasteiger charge is -2.13. The molecular formula is C15H21FN2O. The smallest absolute Gasteiger partial charge is 0.253 e. The van der Waals surface area contributed by atoms with E-state index >= 15 is 0 Å². The number of halogens is 1. The van der Waals surface area contributed by atoms with Crippen LogP contribution in [0.2, 0.25) is 0 Å². The molecule has 1 unspecified atom stereocenters. The minimum Gasteiger partial charge on any atom is -0.382 e. The highest BCUT2D eigenvalue weighted by Crippen LogP contribution is 2.44. The lowest BCUT2D eigenvalue weighted by Crippen LogP contribution is -2.29. The molecule has 1 aromatic rings. The van der Waals surface area contributed by atoms with Crippen molar-refractivity contribution in [2.75, 3.05) is 11.9 Å². The van der Waals surface area contributed by atoms with E-state index in [2.05, 4.69) is 24.5 Å². The summed E-state index contributed by atoms with van der Waals surface area (Å²) >= 11 is 0. The van der Waals surface area contributed by atoms with Gasteiger partial charge in [0.1, 0.15) is 5.82 Å². The molecule has 0 saturated heterocycles. The Morgan fingerprint density at radius 2 is 2.16 bits per heavy atom. The average Bonchev–Trinajstić information content (AvgIpc) is 2.94. The highest BCUT2D eigenvalue weighted by atomic mass is 19.1. The van der Waals surface area contributed by atoms with Gasteiger partial charge in [0.2, 0.25) is 0 Å². The lowest BCUT2D eigenvalue weighted by molar-refractivity contribution is 0.0946. The SMILES string of the molecule is CCCNc1c(F)cccc1C(=O)NC1CC1(C)C. The maximum absolute atomic E-state index is 13.8. The maximum Gasteiger partial charge on any atom is 0.253 e. The topological polar surface area (TPSA) is 41.1 Å². The van der Waals surface area contributed by atoms with Gasteiger partial charge < -0.3 is 10.6 Å². The number of hydrogen-bond acceptors (Lipinski definition) is 2. The van der Waals surface area contributed by atoms with E-state index in [9.17, 15) is 9.18 Å². The molecule has 1 aliphatic carbocycles. The number of amides is 1. The number of rotatable bonds is 5. The third-order valence-corrected chi connectivity index (χ3v) is 3.63. The van der Waals surface area contributed by atoms with Crippen molar-refractivity contribution in [2.45, 2.75) is 39.7 Å². The van der Waals surface area contributed by atoms with E-state index in [0.717, 1.165) is 12.8 Å². The monoisotopic (exact) mass is 264 g/mol. The van der Waals surface area contributed by atoms with Crippen LogP contribution in [0.4, 0.5) is 10.1 Å². The van der Waals surface area contributed by atoms with Gasteiger partial charge in [0, 0.05) is 12.6 Å². The molecule has 1 aromatic carbocycles. The number of nitrogens with one attached hydrogen (secondary N) is 2. The van der Waals surface area contributed by atoms with Crippen molar-refractivity contribution in [3.63, 3.8) is 0 Å². The van der Waals surface area contributed by atoms with E-state index in [1.54, 1.807) is 12.1 Å². The number of anilines is 1. The number of para-hydroxylation sites is 1. The highest BCUT2D eigenvalue weighted by molar-refractivity contribution is 6.00. The number of benzene rings is 1. The quantitative estimate of drug-likeness (QED) is 0.857. The van der Waals surface area contributed by atoms with Crippen LogP contribution in [-0.2, 0) is 0 Å². The minimum atomic E-state index is -0.379. The van der Waals surface area contributed by atoms with Crippen molar-refractivity contribution in [3.05, 3.63) is 29.6 Å². The van der Waals surface area contributed by atoms with Gasteiger partial charge in [0.05, 0.1) is 11.3 Å². The first-order valence-corrected chi connectivity index (χ1v) is 6.79. The molecule has 0 bridgehead atoms. The zero-order chi connectivity index (χ0) is 14.0. The molecule has 104 valence electrons. The zero-order valence-electron chi connectivity index (χ0n) is 11.7. The first-order valence-electron chi connectivity index (χ1n) is 6.79. The van der Waals surface area contributed by atoms with E-state index in [4.69, 9.17) is 0 Å². The Bertz CT molecular complexity index is 485. The summed E-state index contributed by atoms with van der Waals surface area (Å²) in [6.45, 7) is 6.87. The second-order valence-corrected chi connectivity index (χ2v) is 5.81. The van der Waals surface area contributed by atoms with Gasteiger partial charge in [-0.1, -0.05) is 26.8 Å². The molecule has 0 radical (unpaired) electrons. The molecule has 1 atom stereocenters. The van der Waals surface area contributed by atoms with Crippen LogP contribution in [0, 0.1) is 11.2 Å². The van der Waals surface area contributed by atoms with Gasteiger partial charge in [-0.3, -0.25) is 4.79 Å². The highest BCUT2D eigenvalue weighted by Gasteiger charge is 2.46. The molecule has 1 fully saturated rings. The summed E-state index contributed by atoms with van der Waals surface area (Å²) in [5.41, 5.74) is 0.858. The first-order chi connectivity index (χ1) is 8.95. The van der Waals surface area contributed by atoms with Crippen molar-refractivity contribution in [2.24, 2.45) is 5.41 Å². The Morgan fingerprint density at radius 3 is 2.74 bits per heavy atom. The predicted octanol–water partition coefficient (Wildman–Crippen LogP) is 3.18. The molecule has 4 heteroatoms. The predicted molar refractivity (Wildman–Crippen MR) is 74.8 cm³/mol. The maximum atomic E-state index is 13.8. The molecule has 0 heterocycles. The molecule has 2 rings (SSSR count). The summed E-state index contributed by atoms with van der Waals surface area (Å²) in [6, 6.07) is 4.79. The van der Waals surface area contributed by atoms with Crippen LogP contribution in [0.1, 0.15) is 44.0 Å². The summed E-state index contributed by atoms with van der Waals surface area (Å²) < 4.78 is 13.8. The van der Waals surface area contributed by atoms with Crippen LogP contribution in [0.5, 0.6) is 0 Å². The summed E-state index contributed by atoms with van der Waals surface area (Å²) in [7, 11) is 0. The number of hydrogen-bond donors (Lipinski definition) is 2. The first kappa shape index (κ1) is 13.8. The fraction of sp³-hybridized carbons (Fsp3) is 0.533. The summed E-state index contributed by atoms with van der Waals surface area (Å²) in [4.78, 5) is 12.2. The number of carbonyl (C=O) groups is 1. The molecule has 2 N–H and O–H groups in total. The molecular weight excluding hydrogens is 243 g/mol. The molecule has 1 aliphatic rings. The van der Waals surface area contributed by atoms with E-state index in [-0.39, 0.29) is 23.2 Å². The van der Waals surface area contributed by atoms with Crippen LogP contribution in [0.25, 0.3) is 0 Å². The van der Waals surface area contributed by atoms with Gasteiger partial charge >= 0.3 is 0 Å². The van der Waals surface area contributed by atoms with Gasteiger partial charge in [0.15, 0.2) is 0 Å². The second-order valence-electron chi connectivity index (χ2n) is 5.81. The standard InChI is InChI=1S/C15H21FN2O/c1-4-8-17-13-10(6-5-7-11(13)16)14(19)18-12-9-15(12,2)3/h5-7,12,17H,4,8-9H2,1-3H3,(H,18,19). The Morgan fingerprint density at radius 1 is 1.47 bits per heavy atom.